The first-order chi connectivity index (χ1) is 25.2. The molecule has 2 aromatic carbocycles. The lowest BCUT2D eigenvalue weighted by molar-refractivity contribution is 0.560. The molecule has 0 radical (unpaired) electrons. The molecule has 0 fully saturated rings. The van der Waals surface area contributed by atoms with Crippen molar-refractivity contribution in [2.24, 2.45) is 0 Å². The van der Waals surface area contributed by atoms with Gasteiger partial charge in [0.1, 0.15) is 0 Å². The molecule has 0 unspecified atom stereocenters. The van der Waals surface area contributed by atoms with Crippen LogP contribution in [-0.2, 0) is 31.1 Å². The van der Waals surface area contributed by atoms with Gasteiger partial charge in [0.25, 0.3) is 0 Å². The van der Waals surface area contributed by atoms with E-state index in [1.807, 2.05) is 45.3 Å². The van der Waals surface area contributed by atoms with Crippen molar-refractivity contribution in [3.63, 3.8) is 0 Å². The highest BCUT2D eigenvalue weighted by atomic mass is 32.1. The number of hydrogen-bond acceptors (Lipinski definition) is 4. The van der Waals surface area contributed by atoms with Gasteiger partial charge in [-0.1, -0.05) is 121 Å². The van der Waals surface area contributed by atoms with E-state index >= 15 is 0 Å². The molecular formula is C47H52S4. The van der Waals surface area contributed by atoms with Crippen LogP contribution in [-0.4, -0.2) is 0 Å². The second-order valence-electron chi connectivity index (χ2n) is 15.1. The van der Waals surface area contributed by atoms with Gasteiger partial charge in [-0.15, -0.1) is 45.3 Å². The third-order valence-corrected chi connectivity index (χ3v) is 16.2. The highest BCUT2D eigenvalue weighted by Crippen LogP contribution is 2.58. The second kappa shape index (κ2) is 16.1. The number of rotatable bonds is 17. The minimum absolute atomic E-state index is 0.0514. The van der Waals surface area contributed by atoms with Crippen LogP contribution in [0.3, 0.4) is 0 Å². The zero-order valence-electron chi connectivity index (χ0n) is 30.5. The van der Waals surface area contributed by atoms with Crippen molar-refractivity contribution in [1.82, 2.24) is 0 Å². The topological polar surface area (TPSA) is 0 Å². The summed E-state index contributed by atoms with van der Waals surface area (Å²) < 4.78 is 0. The van der Waals surface area contributed by atoms with Crippen LogP contribution < -0.4 is 0 Å². The fourth-order valence-electron chi connectivity index (χ4n) is 8.77. The van der Waals surface area contributed by atoms with E-state index in [1.165, 1.54) is 130 Å². The van der Waals surface area contributed by atoms with E-state index in [-0.39, 0.29) is 5.41 Å². The van der Waals surface area contributed by atoms with Gasteiger partial charge in [-0.05, 0) is 124 Å². The Kier molecular flexibility index (Phi) is 11.1. The summed E-state index contributed by atoms with van der Waals surface area (Å²) in [7, 11) is 0. The average Bonchev–Trinajstić information content (AvgIpc) is 4.00. The Hall–Kier alpha value is -2.76. The van der Waals surface area contributed by atoms with E-state index in [9.17, 15) is 0 Å². The summed E-state index contributed by atoms with van der Waals surface area (Å²) >= 11 is 7.72. The Morgan fingerprint density at radius 2 is 1.08 bits per heavy atom. The summed E-state index contributed by atoms with van der Waals surface area (Å²) in [6.45, 7) is 4.62. The van der Waals surface area contributed by atoms with Gasteiger partial charge in [0.15, 0.2) is 0 Å². The molecule has 0 bridgehead atoms. The van der Waals surface area contributed by atoms with Crippen LogP contribution in [0.25, 0.3) is 40.4 Å². The van der Waals surface area contributed by atoms with Crippen LogP contribution in [0.5, 0.6) is 0 Å². The molecule has 0 N–H and O–H groups in total. The third kappa shape index (κ3) is 7.28. The van der Waals surface area contributed by atoms with Gasteiger partial charge < -0.3 is 0 Å². The summed E-state index contributed by atoms with van der Waals surface area (Å²) in [6.07, 6.45) is 20.9. The maximum Gasteiger partial charge on any atom is 0.0478 e. The summed E-state index contributed by atoms with van der Waals surface area (Å²) in [5, 5.41) is 4.69. The van der Waals surface area contributed by atoms with E-state index in [1.54, 1.807) is 33.4 Å². The van der Waals surface area contributed by atoms with E-state index in [0.29, 0.717) is 0 Å². The number of unbranched alkanes of at least 4 members (excludes halogenated alkanes) is 10. The lowest BCUT2D eigenvalue weighted by Crippen LogP contribution is -2.26. The average molecular weight is 745 g/mol. The maximum atomic E-state index is 2.65. The maximum absolute atomic E-state index is 2.65. The van der Waals surface area contributed by atoms with Crippen LogP contribution in [0.4, 0.5) is 0 Å². The third-order valence-electron chi connectivity index (χ3n) is 11.5. The van der Waals surface area contributed by atoms with Crippen LogP contribution in [0.2, 0.25) is 0 Å². The summed E-state index contributed by atoms with van der Waals surface area (Å²) in [5.74, 6) is 0. The number of thiophene rings is 4. The van der Waals surface area contributed by atoms with Crippen molar-refractivity contribution >= 4 is 45.3 Å². The molecule has 264 valence electrons. The first-order valence-corrected chi connectivity index (χ1v) is 23.2. The van der Waals surface area contributed by atoms with E-state index in [4.69, 9.17) is 0 Å². The van der Waals surface area contributed by atoms with Gasteiger partial charge in [-0.2, -0.15) is 0 Å². The molecule has 0 saturated carbocycles. The Balaban J connectivity index is 1.08. The van der Waals surface area contributed by atoms with Gasteiger partial charge >= 0.3 is 0 Å². The minimum Gasteiger partial charge on any atom is -0.143 e. The molecule has 8 rings (SSSR count). The van der Waals surface area contributed by atoms with Gasteiger partial charge in [0.05, 0.1) is 0 Å². The Bertz CT molecular complexity index is 1980. The second-order valence-corrected chi connectivity index (χ2v) is 19.1. The molecular weight excluding hydrogens is 693 g/mol. The predicted octanol–water partition coefficient (Wildman–Crippen LogP) is 15.8. The number of aryl methyl sites for hydroxylation is 2. The fraction of sp³-hybridized carbons (Fsp3) is 0.404. The molecule has 4 heteroatoms. The normalized spacial score (nSPS) is 14.0. The van der Waals surface area contributed by atoms with E-state index in [2.05, 4.69) is 97.4 Å². The molecule has 6 aromatic rings. The monoisotopic (exact) mass is 744 g/mol. The lowest BCUT2D eigenvalue weighted by atomic mass is 9.74. The Morgan fingerprint density at radius 3 is 1.67 bits per heavy atom. The summed E-state index contributed by atoms with van der Waals surface area (Å²) in [5.41, 5.74) is 12.5. The number of benzene rings is 2. The van der Waals surface area contributed by atoms with Gasteiger partial charge in [0, 0.05) is 34.7 Å². The fourth-order valence-corrected chi connectivity index (χ4v) is 13.0. The Labute approximate surface area is 322 Å². The molecule has 4 heterocycles. The van der Waals surface area contributed by atoms with Crippen LogP contribution >= 0.6 is 45.3 Å². The first kappa shape index (κ1) is 35.3. The molecule has 1 spiro atoms. The highest BCUT2D eigenvalue weighted by molar-refractivity contribution is 7.28. The van der Waals surface area contributed by atoms with Gasteiger partial charge in [-0.3, -0.25) is 0 Å². The zero-order chi connectivity index (χ0) is 34.6. The lowest BCUT2D eigenvalue weighted by Gasteiger charge is -2.28. The molecule has 51 heavy (non-hydrogen) atoms. The quantitative estimate of drug-likeness (QED) is 0.0816. The number of hydrogen-bond donors (Lipinski definition) is 0. The van der Waals surface area contributed by atoms with Crippen molar-refractivity contribution in [1.29, 1.82) is 0 Å². The molecule has 2 aliphatic rings. The zero-order valence-corrected chi connectivity index (χ0v) is 33.8. The molecule has 0 aliphatic heterocycles. The van der Waals surface area contributed by atoms with Crippen LogP contribution in [0, 0.1) is 0 Å². The van der Waals surface area contributed by atoms with Gasteiger partial charge in [-0.25, -0.2) is 0 Å². The molecule has 2 aliphatic carbocycles. The largest absolute Gasteiger partial charge is 0.143 e. The molecule has 0 nitrogen and oxygen atoms in total. The minimum atomic E-state index is 0.0514. The van der Waals surface area contributed by atoms with Crippen molar-refractivity contribution in [3.05, 3.63) is 117 Å². The standard InChI is InChI=1S/C47H52S4/c1-3-5-7-9-11-13-16-33-19-21-36-37-22-20-34(17-14-12-10-8-6-4-2)29-40(37)47(39(36)28-33)30-35-32-49-46(38(35)31-47)45-26-25-44(51-45)43-24-23-42(50-43)41-18-15-27-48-41/h15,18-29,32H,3-14,16-17,30-31H2,1-2H3. The predicted molar refractivity (Wildman–Crippen MR) is 228 cm³/mol. The highest BCUT2D eigenvalue weighted by Gasteiger charge is 2.48. The van der Waals surface area contributed by atoms with Crippen molar-refractivity contribution in [3.8, 4) is 40.4 Å². The SMILES string of the molecule is CCCCCCCCc1ccc2c(c1)C1(Cc3csc(-c4ccc(-c5ccc(-c6cccs6)s5)s4)c3C1)c1cc(CCCCCCCC)ccc1-2. The van der Waals surface area contributed by atoms with Crippen molar-refractivity contribution in [2.45, 2.75) is 122 Å². The summed E-state index contributed by atoms with van der Waals surface area (Å²) in [4.78, 5) is 8.46. The molecule has 0 amide bonds. The van der Waals surface area contributed by atoms with Crippen molar-refractivity contribution < 1.29 is 0 Å². The van der Waals surface area contributed by atoms with Crippen molar-refractivity contribution in [2.75, 3.05) is 0 Å². The smallest absolute Gasteiger partial charge is 0.0478 e. The van der Waals surface area contributed by atoms with Crippen LogP contribution in [0.15, 0.2) is 83.6 Å². The van der Waals surface area contributed by atoms with E-state index < -0.39 is 0 Å². The summed E-state index contributed by atoms with van der Waals surface area (Å²) in [6, 6.07) is 29.0. The number of fused-ring (bicyclic) bond motifs is 6. The molecule has 0 saturated heterocycles. The molecule has 0 atom stereocenters. The molecule has 4 aromatic heterocycles. The van der Waals surface area contributed by atoms with Gasteiger partial charge in [0.2, 0.25) is 0 Å². The van der Waals surface area contributed by atoms with Crippen LogP contribution in [0.1, 0.15) is 124 Å². The Morgan fingerprint density at radius 1 is 0.529 bits per heavy atom. The van der Waals surface area contributed by atoms with E-state index in [0.717, 1.165) is 12.8 Å². The first-order valence-electron chi connectivity index (χ1n) is 19.8.